The van der Waals surface area contributed by atoms with Crippen molar-refractivity contribution in [2.75, 3.05) is 73.5 Å². The standard InChI is InChI=1S/C68H94N8O8/c1-13-47(2)62(80)70-61(68(7,8)9)66(84)76-39-21-27-56(76)44-74(41-37-50-24-18-15-19-25-50)60(79)46-72(12)64(82)54-34-30-52(31-35-54)51-28-32-53(33-29-51)63(81)71(11)45-59(78)73(40-36-49-22-16-14-17-23-49)43-55-26-20-38-75(55)65(83)57(67(4,5)6)42-58(77)48(3)69-10/h14-19,22-25,28-35,47-48,55-57,61,69H,13,20-21,26-27,36-46H2,1-12H3,(H,70,80)/t47-,48+,55+,56+,57-,61-/m1/s1. The number of hydrogen-bond donors (Lipinski definition) is 2. The molecule has 2 saturated heterocycles. The molecule has 16 heteroatoms. The Hall–Kier alpha value is -7.20. The topological polar surface area (TPSA) is 180 Å². The predicted molar refractivity (Wildman–Crippen MR) is 331 cm³/mol. The number of nitrogens with zero attached hydrogens (tertiary/aromatic N) is 6. The first-order valence-electron chi connectivity index (χ1n) is 30.3. The maximum absolute atomic E-state index is 14.4. The van der Waals surface area contributed by atoms with Crippen LogP contribution in [-0.2, 0) is 41.6 Å². The molecule has 0 radical (unpaired) electrons. The summed E-state index contributed by atoms with van der Waals surface area (Å²) in [6.45, 7) is 19.6. The zero-order valence-electron chi connectivity index (χ0n) is 52.1. The van der Waals surface area contributed by atoms with Crippen LogP contribution in [0.25, 0.3) is 11.1 Å². The molecule has 2 N–H and O–H groups in total. The normalized spacial score (nSPS) is 16.7. The first-order chi connectivity index (χ1) is 39.8. The maximum Gasteiger partial charge on any atom is 0.254 e. The Morgan fingerprint density at radius 3 is 1.38 bits per heavy atom. The average Bonchev–Trinajstić information content (AvgIpc) is 4.17. The highest BCUT2D eigenvalue weighted by molar-refractivity contribution is 5.98. The van der Waals surface area contributed by atoms with Crippen molar-refractivity contribution in [3.8, 4) is 11.1 Å². The van der Waals surface area contributed by atoms with Gasteiger partial charge in [-0.25, -0.2) is 0 Å². The third-order valence-electron chi connectivity index (χ3n) is 17.1. The molecule has 6 atom stereocenters. The Bertz CT molecular complexity index is 2670. The van der Waals surface area contributed by atoms with Gasteiger partial charge in [-0.05, 0) is 116 Å². The van der Waals surface area contributed by atoms with E-state index >= 15 is 0 Å². The van der Waals surface area contributed by atoms with Crippen molar-refractivity contribution >= 4 is 47.1 Å². The lowest BCUT2D eigenvalue weighted by molar-refractivity contribution is -0.144. The first kappa shape index (κ1) is 65.9. The molecule has 0 unspecified atom stereocenters. The molecule has 0 aromatic heterocycles. The van der Waals surface area contributed by atoms with Gasteiger partial charge in [0.1, 0.15) is 11.8 Å². The molecule has 2 heterocycles. The van der Waals surface area contributed by atoms with Gasteiger partial charge in [0.15, 0.2) is 0 Å². The maximum atomic E-state index is 14.4. The van der Waals surface area contributed by atoms with Crippen molar-refractivity contribution in [2.24, 2.45) is 22.7 Å². The van der Waals surface area contributed by atoms with Crippen LogP contribution in [0.15, 0.2) is 109 Å². The smallest absolute Gasteiger partial charge is 0.254 e. The zero-order valence-corrected chi connectivity index (χ0v) is 52.1. The van der Waals surface area contributed by atoms with Gasteiger partial charge in [-0.3, -0.25) is 38.4 Å². The first-order valence-corrected chi connectivity index (χ1v) is 30.3. The van der Waals surface area contributed by atoms with Crippen LogP contribution in [0.3, 0.4) is 0 Å². The highest BCUT2D eigenvalue weighted by Crippen LogP contribution is 2.34. The van der Waals surface area contributed by atoms with E-state index < -0.39 is 22.8 Å². The van der Waals surface area contributed by atoms with Crippen molar-refractivity contribution < 1.29 is 38.4 Å². The summed E-state index contributed by atoms with van der Waals surface area (Å²) in [5.41, 5.74) is 3.54. The van der Waals surface area contributed by atoms with E-state index in [-0.39, 0.29) is 90.7 Å². The van der Waals surface area contributed by atoms with Crippen molar-refractivity contribution in [2.45, 2.75) is 138 Å². The predicted octanol–water partition coefficient (Wildman–Crippen LogP) is 8.43. The van der Waals surface area contributed by atoms with Crippen LogP contribution < -0.4 is 10.6 Å². The van der Waals surface area contributed by atoms with Crippen LogP contribution >= 0.6 is 0 Å². The van der Waals surface area contributed by atoms with Crippen LogP contribution in [0.4, 0.5) is 0 Å². The molecule has 4 aromatic rings. The summed E-state index contributed by atoms with van der Waals surface area (Å²) in [6, 6.07) is 32.4. The van der Waals surface area contributed by atoms with Gasteiger partial charge in [-0.1, -0.05) is 140 Å². The molecule has 2 fully saturated rings. The van der Waals surface area contributed by atoms with Crippen LogP contribution in [0.1, 0.15) is 133 Å². The third-order valence-corrected chi connectivity index (χ3v) is 17.1. The highest BCUT2D eigenvalue weighted by atomic mass is 16.2. The number of Topliss-reactive ketones (excluding diaryl/α,β-unsaturated/α-hetero) is 1. The summed E-state index contributed by atoms with van der Waals surface area (Å²) < 4.78 is 0. The lowest BCUT2D eigenvalue weighted by atomic mass is 9.76. The number of carbonyl (C=O) groups is 8. The highest BCUT2D eigenvalue weighted by Gasteiger charge is 2.43. The van der Waals surface area contributed by atoms with Gasteiger partial charge in [0.2, 0.25) is 29.5 Å². The van der Waals surface area contributed by atoms with Gasteiger partial charge < -0.3 is 40.0 Å². The Morgan fingerprint density at radius 1 is 0.583 bits per heavy atom. The van der Waals surface area contributed by atoms with E-state index in [1.165, 1.54) is 9.80 Å². The number of benzene rings is 4. The Labute approximate surface area is 500 Å². The van der Waals surface area contributed by atoms with Gasteiger partial charge in [-0.15, -0.1) is 0 Å². The van der Waals surface area contributed by atoms with Crippen LogP contribution in [0.2, 0.25) is 0 Å². The largest absolute Gasteiger partial charge is 0.344 e. The number of hydrogen-bond acceptors (Lipinski definition) is 9. The van der Waals surface area contributed by atoms with Gasteiger partial charge >= 0.3 is 0 Å². The molecule has 4 aromatic carbocycles. The summed E-state index contributed by atoms with van der Waals surface area (Å²) in [4.78, 5) is 122. The number of nitrogens with one attached hydrogen (secondary N) is 2. The summed E-state index contributed by atoms with van der Waals surface area (Å²) in [6.07, 6.45) is 4.96. The summed E-state index contributed by atoms with van der Waals surface area (Å²) in [7, 11) is 4.96. The monoisotopic (exact) mass is 1150 g/mol. The van der Waals surface area contributed by atoms with E-state index in [9.17, 15) is 38.4 Å². The lowest BCUT2D eigenvalue weighted by Gasteiger charge is -2.38. The van der Waals surface area contributed by atoms with Crippen LogP contribution in [0.5, 0.6) is 0 Å². The van der Waals surface area contributed by atoms with Crippen LogP contribution in [-0.4, -0.2) is 174 Å². The Kier molecular flexibility index (Phi) is 23.6. The van der Waals surface area contributed by atoms with E-state index in [4.69, 9.17) is 0 Å². The van der Waals surface area contributed by atoms with Gasteiger partial charge in [-0.2, -0.15) is 0 Å². The number of amides is 7. The van der Waals surface area contributed by atoms with Crippen molar-refractivity contribution in [1.82, 2.24) is 40.0 Å². The molecule has 0 saturated carbocycles. The minimum Gasteiger partial charge on any atom is -0.344 e. The summed E-state index contributed by atoms with van der Waals surface area (Å²) in [5.74, 6) is -2.26. The second-order valence-corrected chi connectivity index (χ2v) is 25.5. The molecule has 84 heavy (non-hydrogen) atoms. The minimum atomic E-state index is -0.732. The molecule has 0 spiro atoms. The molecule has 0 aliphatic carbocycles. The van der Waals surface area contributed by atoms with Crippen molar-refractivity contribution in [1.29, 1.82) is 0 Å². The molecule has 6 rings (SSSR count). The average molecular weight is 1150 g/mol. The van der Waals surface area contributed by atoms with Gasteiger partial charge in [0.05, 0.1) is 19.1 Å². The third kappa shape index (κ3) is 17.9. The molecular formula is C68H94N8O8. The van der Waals surface area contributed by atoms with E-state index in [1.807, 2.05) is 157 Å². The number of rotatable bonds is 26. The quantitative estimate of drug-likeness (QED) is 0.0624. The van der Waals surface area contributed by atoms with Crippen molar-refractivity contribution in [3.05, 3.63) is 131 Å². The van der Waals surface area contributed by atoms with Crippen molar-refractivity contribution in [3.63, 3.8) is 0 Å². The zero-order chi connectivity index (χ0) is 61.5. The summed E-state index contributed by atoms with van der Waals surface area (Å²) >= 11 is 0. The van der Waals surface area contributed by atoms with E-state index in [1.54, 1.807) is 55.2 Å². The lowest BCUT2D eigenvalue weighted by Crippen LogP contribution is -2.58. The number of likely N-dealkylation sites (tertiary alicyclic amines) is 2. The fourth-order valence-corrected chi connectivity index (χ4v) is 11.2. The van der Waals surface area contributed by atoms with E-state index in [0.717, 1.165) is 41.5 Å². The molecule has 7 amide bonds. The number of carbonyl (C=O) groups excluding carboxylic acids is 8. The van der Waals surface area contributed by atoms with Gasteiger partial charge in [0.25, 0.3) is 11.8 Å². The molecule has 0 bridgehead atoms. The SMILES string of the molecule is CC[C@@H](C)C(=O)N[C@H](C(=O)N1CCC[C@H]1CN(CCc1ccccc1)C(=O)CN(C)C(=O)c1ccc(-c2ccc(C(=O)N(C)CC(=O)N(CCc3ccccc3)C[C@@H]3CCCN3C(=O)[C@@H](CC(=O)[C@H](C)NC)C(C)(C)C)cc2)cc1)C(C)(C)C. The Morgan fingerprint density at radius 2 is 1.00 bits per heavy atom. The minimum absolute atomic E-state index is 0.0155. The number of likely N-dealkylation sites (N-methyl/N-ethyl adjacent to an activating group) is 3. The summed E-state index contributed by atoms with van der Waals surface area (Å²) in [5, 5.41) is 6.05. The molecule has 2 aliphatic heterocycles. The fraction of sp³-hybridized carbons (Fsp3) is 0.529. The van der Waals surface area contributed by atoms with E-state index in [0.29, 0.717) is 76.1 Å². The molecule has 2 aliphatic rings. The van der Waals surface area contributed by atoms with E-state index in [2.05, 4.69) is 10.6 Å². The number of ketones is 1. The van der Waals surface area contributed by atoms with Gasteiger partial charge in [0, 0.05) is 94.8 Å². The molecule has 454 valence electrons. The second-order valence-electron chi connectivity index (χ2n) is 25.5. The molecular weight excluding hydrogens is 1060 g/mol. The Balaban J connectivity index is 1.09. The molecule has 16 nitrogen and oxygen atoms in total. The second kappa shape index (κ2) is 30.0. The fourth-order valence-electron chi connectivity index (χ4n) is 11.2. The van der Waals surface area contributed by atoms with Crippen LogP contribution in [0, 0.1) is 22.7 Å².